The highest BCUT2D eigenvalue weighted by atomic mass is 79.9. The minimum Gasteiger partial charge on any atom is -0.352 e. The molecule has 0 fully saturated rings. The van der Waals surface area contributed by atoms with Crippen molar-refractivity contribution in [2.45, 2.75) is 18.2 Å². The molecule has 0 unspecified atom stereocenters. The zero-order valence-electron chi connectivity index (χ0n) is 16.5. The van der Waals surface area contributed by atoms with Crippen LogP contribution in [0.5, 0.6) is 0 Å². The Hall–Kier alpha value is -2.63. The van der Waals surface area contributed by atoms with Crippen LogP contribution < -0.4 is 10.6 Å². The van der Waals surface area contributed by atoms with Crippen LogP contribution in [0, 0.1) is 6.92 Å². The van der Waals surface area contributed by atoms with Crippen molar-refractivity contribution in [1.29, 1.82) is 0 Å². The molecule has 0 spiro atoms. The van der Waals surface area contributed by atoms with Gasteiger partial charge in [0.1, 0.15) is 10.8 Å². The largest absolute Gasteiger partial charge is 0.352 e. The van der Waals surface area contributed by atoms with Crippen molar-refractivity contribution in [2.24, 2.45) is 0 Å². The fourth-order valence-electron chi connectivity index (χ4n) is 2.58. The zero-order valence-corrected chi connectivity index (χ0v) is 19.7. The van der Waals surface area contributed by atoms with Crippen LogP contribution in [0.15, 0.2) is 57.9 Å². The number of nitrogens with zero attached hydrogens (tertiary/aromatic N) is 2. The van der Waals surface area contributed by atoms with Gasteiger partial charge in [0.05, 0.1) is 4.90 Å². The first-order chi connectivity index (χ1) is 14.7. The van der Waals surface area contributed by atoms with E-state index in [4.69, 9.17) is 0 Å². The van der Waals surface area contributed by atoms with E-state index in [1.54, 1.807) is 30.3 Å². The van der Waals surface area contributed by atoms with E-state index in [1.807, 2.05) is 13.0 Å². The Kier molecular flexibility index (Phi) is 7.52. The van der Waals surface area contributed by atoms with Crippen molar-refractivity contribution >= 4 is 54.0 Å². The van der Waals surface area contributed by atoms with E-state index < -0.39 is 21.5 Å². The molecule has 31 heavy (non-hydrogen) atoms. The lowest BCUT2D eigenvalue weighted by atomic mass is 10.2. The summed E-state index contributed by atoms with van der Waals surface area (Å²) in [6, 6.07) is 13.3. The molecule has 2 amide bonds. The van der Waals surface area contributed by atoms with Crippen LogP contribution in [-0.2, 0) is 21.1 Å². The number of hydrogen-bond donors (Lipinski definition) is 2. The van der Waals surface area contributed by atoms with Gasteiger partial charge in [-0.1, -0.05) is 51.0 Å². The number of nitrogens with one attached hydrogen (secondary N) is 2. The van der Waals surface area contributed by atoms with Crippen LogP contribution >= 0.6 is 27.3 Å². The Balaban J connectivity index is 1.49. The molecule has 1 heterocycles. The maximum atomic E-state index is 12.4. The summed E-state index contributed by atoms with van der Waals surface area (Å²) >= 11 is 4.45. The monoisotopic (exact) mass is 522 g/mol. The van der Waals surface area contributed by atoms with Crippen molar-refractivity contribution in [1.82, 2.24) is 15.5 Å². The standard InChI is InChI=1S/C20H19BrN4O4S2/c1-13-5-7-16(8-6-13)31(28,29)12-17(26)23-20-25-24-18(30-20)9-10-22-19(27)14-3-2-4-15(21)11-14/h2-8,11H,9-10,12H2,1H3,(H,22,27)(H,23,25,26). The lowest BCUT2D eigenvalue weighted by molar-refractivity contribution is -0.113. The number of carbonyl (C=O) groups is 2. The first-order valence-corrected chi connectivity index (χ1v) is 12.4. The fraction of sp³-hybridized carbons (Fsp3) is 0.200. The van der Waals surface area contributed by atoms with Gasteiger partial charge >= 0.3 is 0 Å². The van der Waals surface area contributed by atoms with Crippen molar-refractivity contribution in [3.05, 3.63) is 69.1 Å². The smallest absolute Gasteiger partial charge is 0.251 e. The Labute approximate surface area is 192 Å². The molecule has 3 rings (SSSR count). The van der Waals surface area contributed by atoms with E-state index >= 15 is 0 Å². The number of sulfone groups is 1. The van der Waals surface area contributed by atoms with Gasteiger partial charge in [-0.05, 0) is 37.3 Å². The predicted molar refractivity (Wildman–Crippen MR) is 122 cm³/mol. The lowest BCUT2D eigenvalue weighted by Gasteiger charge is -2.05. The van der Waals surface area contributed by atoms with E-state index in [1.165, 1.54) is 12.1 Å². The average Bonchev–Trinajstić information content (AvgIpc) is 3.14. The highest BCUT2D eigenvalue weighted by Gasteiger charge is 2.20. The molecule has 0 radical (unpaired) electrons. The second kappa shape index (κ2) is 10.1. The normalized spacial score (nSPS) is 11.2. The Bertz CT molecular complexity index is 1190. The van der Waals surface area contributed by atoms with E-state index in [0.717, 1.165) is 21.4 Å². The summed E-state index contributed by atoms with van der Waals surface area (Å²) in [5, 5.41) is 13.9. The number of carbonyl (C=O) groups excluding carboxylic acids is 2. The molecule has 0 bridgehead atoms. The number of aryl methyl sites for hydroxylation is 1. The number of aromatic nitrogens is 2. The molecule has 162 valence electrons. The van der Waals surface area contributed by atoms with Gasteiger partial charge in [0.25, 0.3) is 5.91 Å². The van der Waals surface area contributed by atoms with Crippen molar-refractivity contribution in [3.63, 3.8) is 0 Å². The quantitative estimate of drug-likeness (QED) is 0.469. The molecule has 0 atom stereocenters. The molecule has 0 aliphatic carbocycles. The number of rotatable bonds is 8. The lowest BCUT2D eigenvalue weighted by Crippen LogP contribution is -2.25. The van der Waals surface area contributed by atoms with E-state index in [2.05, 4.69) is 36.8 Å². The Morgan fingerprint density at radius 2 is 1.84 bits per heavy atom. The van der Waals surface area contributed by atoms with Crippen LogP contribution in [0.1, 0.15) is 20.9 Å². The molecule has 1 aromatic heterocycles. The minimum atomic E-state index is -3.75. The number of anilines is 1. The third kappa shape index (κ3) is 6.68. The van der Waals surface area contributed by atoms with Crippen LogP contribution in [0.2, 0.25) is 0 Å². The topological polar surface area (TPSA) is 118 Å². The summed E-state index contributed by atoms with van der Waals surface area (Å²) < 4.78 is 25.5. The molecule has 11 heteroatoms. The van der Waals surface area contributed by atoms with E-state index in [9.17, 15) is 18.0 Å². The summed E-state index contributed by atoms with van der Waals surface area (Å²) in [5.41, 5.74) is 1.46. The average molecular weight is 523 g/mol. The molecule has 0 aliphatic heterocycles. The summed E-state index contributed by atoms with van der Waals surface area (Å²) in [6.07, 6.45) is 0.426. The van der Waals surface area contributed by atoms with Crippen molar-refractivity contribution in [3.8, 4) is 0 Å². The number of amides is 2. The third-order valence-corrected chi connectivity index (χ3v) is 7.15. The molecule has 0 saturated carbocycles. The van der Waals surface area contributed by atoms with Gasteiger partial charge in [-0.15, -0.1) is 10.2 Å². The second-order valence-corrected chi connectivity index (χ2v) is 10.6. The van der Waals surface area contributed by atoms with Gasteiger partial charge in [0.2, 0.25) is 11.0 Å². The summed E-state index contributed by atoms with van der Waals surface area (Å²) in [5.74, 6) is -1.58. The molecule has 8 nitrogen and oxygen atoms in total. The van der Waals surface area contributed by atoms with Crippen LogP contribution in [0.4, 0.5) is 5.13 Å². The van der Waals surface area contributed by atoms with Crippen LogP contribution in [-0.4, -0.2) is 42.7 Å². The van der Waals surface area contributed by atoms with Crippen molar-refractivity contribution in [2.75, 3.05) is 17.6 Å². The SMILES string of the molecule is Cc1ccc(S(=O)(=O)CC(=O)Nc2nnc(CCNC(=O)c3cccc(Br)c3)s2)cc1. The number of benzene rings is 2. The Morgan fingerprint density at radius 3 is 2.55 bits per heavy atom. The number of hydrogen-bond acceptors (Lipinski definition) is 7. The van der Waals surface area contributed by atoms with Crippen LogP contribution in [0.25, 0.3) is 0 Å². The van der Waals surface area contributed by atoms with Gasteiger partial charge in [-0.3, -0.25) is 14.9 Å². The molecule has 2 aromatic carbocycles. The maximum absolute atomic E-state index is 12.4. The second-order valence-electron chi connectivity index (χ2n) is 6.64. The highest BCUT2D eigenvalue weighted by Crippen LogP contribution is 2.17. The van der Waals surface area contributed by atoms with Crippen LogP contribution in [0.3, 0.4) is 0 Å². The number of halogens is 1. The molecule has 3 aromatic rings. The van der Waals surface area contributed by atoms with Gasteiger partial charge in [0, 0.05) is 23.0 Å². The van der Waals surface area contributed by atoms with Crippen molar-refractivity contribution < 1.29 is 18.0 Å². The first kappa shape index (κ1) is 23.0. The van der Waals surface area contributed by atoms with Gasteiger partial charge < -0.3 is 5.32 Å². The predicted octanol–water partition coefficient (Wildman–Crippen LogP) is 2.99. The van der Waals surface area contributed by atoms with Gasteiger partial charge in [-0.2, -0.15) is 0 Å². The van der Waals surface area contributed by atoms with Gasteiger partial charge in [-0.25, -0.2) is 8.42 Å². The molecular formula is C20H19BrN4O4S2. The zero-order chi connectivity index (χ0) is 22.4. The fourth-order valence-corrected chi connectivity index (χ4v) is 4.87. The maximum Gasteiger partial charge on any atom is 0.251 e. The highest BCUT2D eigenvalue weighted by molar-refractivity contribution is 9.10. The summed E-state index contributed by atoms with van der Waals surface area (Å²) in [6.45, 7) is 2.19. The first-order valence-electron chi connectivity index (χ1n) is 9.18. The molecular weight excluding hydrogens is 504 g/mol. The van der Waals surface area contributed by atoms with E-state index in [0.29, 0.717) is 23.5 Å². The molecule has 0 saturated heterocycles. The Morgan fingerprint density at radius 1 is 1.10 bits per heavy atom. The summed E-state index contributed by atoms with van der Waals surface area (Å²) in [4.78, 5) is 24.4. The minimum absolute atomic E-state index is 0.0902. The summed E-state index contributed by atoms with van der Waals surface area (Å²) in [7, 11) is -3.75. The molecule has 2 N–H and O–H groups in total. The van der Waals surface area contributed by atoms with Gasteiger partial charge in [0.15, 0.2) is 9.84 Å². The molecule has 0 aliphatic rings. The third-order valence-electron chi connectivity index (χ3n) is 4.13. The van der Waals surface area contributed by atoms with E-state index in [-0.39, 0.29) is 15.9 Å².